The quantitative estimate of drug-likeness (QED) is 0.563. The molecule has 0 radical (unpaired) electrons. The number of benzene rings is 2. The first-order chi connectivity index (χ1) is 15.0. The van der Waals surface area contributed by atoms with E-state index in [0.717, 1.165) is 47.4 Å². The summed E-state index contributed by atoms with van der Waals surface area (Å²) in [5.74, 6) is 0.783. The Morgan fingerprint density at radius 2 is 2.06 bits per heavy atom. The van der Waals surface area contributed by atoms with Gasteiger partial charge in [-0.15, -0.1) is 0 Å². The third-order valence-corrected chi connectivity index (χ3v) is 5.87. The van der Waals surface area contributed by atoms with Crippen LogP contribution in [0.4, 0.5) is 5.69 Å². The molecule has 0 spiro atoms. The molecule has 0 saturated carbocycles. The summed E-state index contributed by atoms with van der Waals surface area (Å²) in [7, 11) is 1.64. The molecule has 3 aromatic rings. The van der Waals surface area contributed by atoms with Crippen molar-refractivity contribution in [3.63, 3.8) is 0 Å². The summed E-state index contributed by atoms with van der Waals surface area (Å²) in [5.41, 5.74) is 3.43. The summed E-state index contributed by atoms with van der Waals surface area (Å²) in [4.78, 5) is 17.8. The summed E-state index contributed by atoms with van der Waals surface area (Å²) >= 11 is 5.73. The van der Waals surface area contributed by atoms with Gasteiger partial charge in [-0.1, -0.05) is 11.6 Å². The van der Waals surface area contributed by atoms with Gasteiger partial charge in [0, 0.05) is 29.9 Å². The minimum absolute atomic E-state index is 0.0964. The van der Waals surface area contributed by atoms with E-state index >= 15 is 0 Å². The van der Waals surface area contributed by atoms with Gasteiger partial charge < -0.3 is 24.7 Å². The third-order valence-electron chi connectivity index (χ3n) is 5.51. The number of thiocarbonyl (C=S) groups is 1. The summed E-state index contributed by atoms with van der Waals surface area (Å²) in [6.07, 6.45) is 2.15. The number of ether oxygens (including phenoxy) is 2. The van der Waals surface area contributed by atoms with Crippen LogP contribution in [0.1, 0.15) is 24.0 Å². The highest BCUT2D eigenvalue weighted by atomic mass is 32.1. The van der Waals surface area contributed by atoms with Crippen LogP contribution in [-0.4, -0.2) is 41.4 Å². The van der Waals surface area contributed by atoms with Gasteiger partial charge in [0.1, 0.15) is 5.75 Å². The fourth-order valence-corrected chi connectivity index (χ4v) is 4.08. The molecule has 162 valence electrons. The first-order valence-electron chi connectivity index (χ1n) is 10.5. The molecule has 2 heterocycles. The maximum atomic E-state index is 12.8. The van der Waals surface area contributed by atoms with Crippen LogP contribution in [0.25, 0.3) is 10.9 Å². The normalized spacial score (nSPS) is 15.7. The number of aromatic amines is 1. The van der Waals surface area contributed by atoms with E-state index in [1.165, 1.54) is 0 Å². The fourth-order valence-electron chi connectivity index (χ4n) is 3.82. The molecule has 1 atom stereocenters. The fraction of sp³-hybridized carbons (Fsp3) is 0.333. The second-order valence-electron chi connectivity index (χ2n) is 7.89. The van der Waals surface area contributed by atoms with Crippen molar-refractivity contribution in [2.75, 3.05) is 25.6 Å². The van der Waals surface area contributed by atoms with E-state index in [1.807, 2.05) is 54.3 Å². The first-order valence-corrected chi connectivity index (χ1v) is 10.9. The summed E-state index contributed by atoms with van der Waals surface area (Å²) in [6, 6.07) is 15.6. The van der Waals surface area contributed by atoms with Gasteiger partial charge in [-0.3, -0.25) is 4.79 Å². The molecule has 2 N–H and O–H groups in total. The van der Waals surface area contributed by atoms with Crippen molar-refractivity contribution in [2.24, 2.45) is 0 Å². The molecule has 0 bridgehead atoms. The predicted molar refractivity (Wildman–Crippen MR) is 128 cm³/mol. The lowest BCUT2D eigenvalue weighted by atomic mass is 10.1. The van der Waals surface area contributed by atoms with E-state index in [9.17, 15) is 4.79 Å². The maximum Gasteiger partial charge on any atom is 0.253 e. The smallest absolute Gasteiger partial charge is 0.253 e. The molecule has 6 nitrogen and oxygen atoms in total. The van der Waals surface area contributed by atoms with Crippen LogP contribution in [0.3, 0.4) is 0 Å². The molecule has 1 saturated heterocycles. The van der Waals surface area contributed by atoms with Crippen molar-refractivity contribution in [1.29, 1.82) is 0 Å². The number of pyridine rings is 1. The standard InChI is InChI=1S/C24H27N3O3S/c1-16-5-10-22-17(12-16)13-18(23(28)26-22)14-27(15-21-4-3-11-30-21)24(31)25-19-6-8-20(29-2)9-7-19/h5-10,12-13,21H,3-4,11,14-15H2,1-2H3,(H,25,31)(H,26,28)/t21-/m0/s1. The Bertz CT molecular complexity index is 1120. The minimum atomic E-state index is -0.0964. The topological polar surface area (TPSA) is 66.6 Å². The van der Waals surface area contributed by atoms with Crippen molar-refractivity contribution in [1.82, 2.24) is 9.88 Å². The van der Waals surface area contributed by atoms with Crippen LogP contribution >= 0.6 is 12.2 Å². The summed E-state index contributed by atoms with van der Waals surface area (Å²) < 4.78 is 11.1. The van der Waals surface area contributed by atoms with Gasteiger partial charge in [0.2, 0.25) is 0 Å². The predicted octanol–water partition coefficient (Wildman–Crippen LogP) is 4.22. The lowest BCUT2D eigenvalue weighted by Gasteiger charge is -2.28. The van der Waals surface area contributed by atoms with Crippen LogP contribution in [0.2, 0.25) is 0 Å². The molecule has 2 aromatic carbocycles. The largest absolute Gasteiger partial charge is 0.497 e. The van der Waals surface area contributed by atoms with Crippen LogP contribution in [-0.2, 0) is 11.3 Å². The Labute approximate surface area is 187 Å². The highest BCUT2D eigenvalue weighted by Gasteiger charge is 2.22. The number of rotatable bonds is 6. The van der Waals surface area contributed by atoms with Gasteiger partial charge in [-0.05, 0) is 79.8 Å². The molecule has 1 aliphatic heterocycles. The zero-order chi connectivity index (χ0) is 21.8. The van der Waals surface area contributed by atoms with Gasteiger partial charge in [0.05, 0.1) is 19.8 Å². The van der Waals surface area contributed by atoms with Crippen molar-refractivity contribution < 1.29 is 9.47 Å². The minimum Gasteiger partial charge on any atom is -0.497 e. The van der Waals surface area contributed by atoms with E-state index in [4.69, 9.17) is 21.7 Å². The number of nitrogens with zero attached hydrogens (tertiary/aromatic N) is 1. The Balaban J connectivity index is 1.58. The zero-order valence-electron chi connectivity index (χ0n) is 17.8. The van der Waals surface area contributed by atoms with Crippen LogP contribution in [0.15, 0.2) is 53.3 Å². The van der Waals surface area contributed by atoms with Gasteiger partial charge >= 0.3 is 0 Å². The van der Waals surface area contributed by atoms with Crippen LogP contribution < -0.4 is 15.6 Å². The first kappa shape index (κ1) is 21.3. The maximum absolute atomic E-state index is 12.8. The van der Waals surface area contributed by atoms with Crippen molar-refractivity contribution in [3.05, 3.63) is 70.0 Å². The van der Waals surface area contributed by atoms with Crippen LogP contribution in [0, 0.1) is 6.92 Å². The highest BCUT2D eigenvalue weighted by Crippen LogP contribution is 2.19. The number of nitrogens with one attached hydrogen (secondary N) is 2. The lowest BCUT2D eigenvalue weighted by Crippen LogP contribution is -2.40. The molecule has 4 rings (SSSR count). The van der Waals surface area contributed by atoms with Gasteiger partial charge in [-0.2, -0.15) is 0 Å². The van der Waals surface area contributed by atoms with E-state index in [2.05, 4.69) is 16.4 Å². The number of anilines is 1. The SMILES string of the molecule is COc1ccc(NC(=S)N(Cc2cc3cc(C)ccc3[nH]c2=O)C[C@@H]2CCCO2)cc1. The van der Waals surface area contributed by atoms with E-state index in [1.54, 1.807) is 7.11 Å². The van der Waals surface area contributed by atoms with Gasteiger partial charge in [-0.25, -0.2) is 0 Å². The second-order valence-corrected chi connectivity index (χ2v) is 8.28. The second kappa shape index (κ2) is 9.49. The lowest BCUT2D eigenvalue weighted by molar-refractivity contribution is 0.0904. The molecule has 0 unspecified atom stereocenters. The molecule has 7 heteroatoms. The highest BCUT2D eigenvalue weighted by molar-refractivity contribution is 7.80. The summed E-state index contributed by atoms with van der Waals surface area (Å²) in [6.45, 7) is 3.85. The molecule has 1 aromatic heterocycles. The summed E-state index contributed by atoms with van der Waals surface area (Å²) in [5, 5.41) is 4.86. The van der Waals surface area contributed by atoms with Gasteiger partial charge in [0.25, 0.3) is 5.56 Å². The Morgan fingerprint density at radius 3 is 2.77 bits per heavy atom. The Morgan fingerprint density at radius 1 is 1.26 bits per heavy atom. The number of hydrogen-bond acceptors (Lipinski definition) is 4. The number of hydrogen-bond donors (Lipinski definition) is 2. The number of aromatic nitrogens is 1. The zero-order valence-corrected chi connectivity index (χ0v) is 18.6. The van der Waals surface area contributed by atoms with Crippen molar-refractivity contribution in [3.8, 4) is 5.75 Å². The molecule has 1 fully saturated rings. The number of H-pyrrole nitrogens is 1. The molecule has 0 amide bonds. The van der Waals surface area contributed by atoms with Crippen molar-refractivity contribution >= 4 is 33.9 Å². The van der Waals surface area contributed by atoms with E-state index in [0.29, 0.717) is 23.8 Å². The monoisotopic (exact) mass is 437 g/mol. The number of fused-ring (bicyclic) bond motifs is 1. The average molecular weight is 438 g/mol. The molecule has 1 aliphatic rings. The molecular formula is C24H27N3O3S. The average Bonchev–Trinajstić information content (AvgIpc) is 3.27. The Hall–Kier alpha value is -2.90. The number of aryl methyl sites for hydroxylation is 1. The molecular weight excluding hydrogens is 410 g/mol. The number of methoxy groups -OCH3 is 1. The van der Waals surface area contributed by atoms with Crippen molar-refractivity contribution in [2.45, 2.75) is 32.4 Å². The molecule has 0 aliphatic carbocycles. The third kappa shape index (κ3) is 5.24. The van der Waals surface area contributed by atoms with Crippen LogP contribution in [0.5, 0.6) is 5.75 Å². The van der Waals surface area contributed by atoms with E-state index < -0.39 is 0 Å². The Kier molecular flexibility index (Phi) is 6.53. The van der Waals surface area contributed by atoms with Gasteiger partial charge in [0.15, 0.2) is 5.11 Å². The molecule has 31 heavy (non-hydrogen) atoms. The van der Waals surface area contributed by atoms with E-state index in [-0.39, 0.29) is 11.7 Å².